The fraction of sp³-hybridized carbons (Fsp3) is 0.529. The maximum Gasteiger partial charge on any atom is 0.407 e. The number of nitrogens with zero attached hydrogens (tertiary/aromatic N) is 5. The van der Waals surface area contributed by atoms with Crippen molar-refractivity contribution in [2.45, 2.75) is 44.9 Å². The molecule has 0 saturated carbocycles. The average Bonchev–Trinajstić information content (AvgIpc) is 3.15. The number of carboxylic acids is 1. The molecular weight excluding hydrogens is 418 g/mol. The van der Waals surface area contributed by atoms with Gasteiger partial charge in [-0.15, -0.1) is 0 Å². The lowest BCUT2D eigenvalue weighted by Crippen LogP contribution is -2.44. The van der Waals surface area contributed by atoms with Gasteiger partial charge in [-0.3, -0.25) is 4.79 Å². The highest BCUT2D eigenvalue weighted by atomic mass is 35.5. The summed E-state index contributed by atoms with van der Waals surface area (Å²) in [6.07, 6.45) is 0.697. The van der Waals surface area contributed by atoms with Gasteiger partial charge in [0.2, 0.25) is 11.9 Å². The van der Waals surface area contributed by atoms with Gasteiger partial charge in [0.05, 0.1) is 6.33 Å². The molecule has 2 aromatic heterocycles. The number of amides is 2. The number of imidazole rings is 1. The molecule has 0 aliphatic carbocycles. The normalized spacial score (nSPS) is 19.3. The van der Waals surface area contributed by atoms with E-state index in [9.17, 15) is 19.5 Å². The van der Waals surface area contributed by atoms with Crippen molar-refractivity contribution in [2.24, 2.45) is 0 Å². The van der Waals surface area contributed by atoms with Gasteiger partial charge in [0, 0.05) is 19.5 Å². The van der Waals surface area contributed by atoms with Gasteiger partial charge in [-0.1, -0.05) is 11.6 Å². The first kappa shape index (κ1) is 21.6. The summed E-state index contributed by atoms with van der Waals surface area (Å²) in [5.41, 5.74) is 5.47. The summed E-state index contributed by atoms with van der Waals surface area (Å²) in [6, 6.07) is -1.93. The van der Waals surface area contributed by atoms with Gasteiger partial charge in [0.25, 0.3) is 0 Å². The summed E-state index contributed by atoms with van der Waals surface area (Å²) in [7, 11) is 0. The van der Waals surface area contributed by atoms with E-state index in [0.29, 0.717) is 0 Å². The third-order valence-corrected chi connectivity index (χ3v) is 4.69. The molecule has 3 rings (SSSR count). The number of aromatic nitrogens is 4. The lowest BCUT2D eigenvalue weighted by molar-refractivity contribution is -0.146. The van der Waals surface area contributed by atoms with Crippen LogP contribution in [0.1, 0.15) is 33.2 Å². The number of carboxylic acid groups (broad SMARTS) is 1. The number of aliphatic carboxylic acids is 1. The quantitative estimate of drug-likeness (QED) is 0.571. The zero-order valence-corrected chi connectivity index (χ0v) is 17.4. The smallest absolute Gasteiger partial charge is 0.407 e. The second kappa shape index (κ2) is 7.94. The number of carbonyl (C=O) groups excluding carboxylic acids is 2. The standard InChI is InChI=1S/C17H22ClN7O5/c1-17(2,3)30-16(29)20-4-5-24-9(14(27)28)6-8(13(24)26)25-7-21-10-11(18)22-15(19)23-12(10)25/h7-9H,4-6H2,1-3H3,(H,20,29)(H,27,28)(H2,19,22,23)/t8-,9-/m0/s1. The largest absolute Gasteiger partial charge is 0.480 e. The number of hydrogen-bond acceptors (Lipinski definition) is 8. The van der Waals surface area contributed by atoms with Gasteiger partial charge in [-0.2, -0.15) is 9.97 Å². The molecule has 0 aromatic carbocycles. The zero-order valence-electron chi connectivity index (χ0n) is 16.6. The number of halogens is 1. The number of nitrogens with two attached hydrogens (primary N) is 1. The molecule has 1 aliphatic rings. The van der Waals surface area contributed by atoms with Crippen molar-refractivity contribution in [3.8, 4) is 0 Å². The topological polar surface area (TPSA) is 166 Å². The first-order valence-electron chi connectivity index (χ1n) is 9.13. The molecule has 4 N–H and O–H groups in total. The molecule has 162 valence electrons. The summed E-state index contributed by atoms with van der Waals surface area (Å²) in [5.74, 6) is -1.69. The summed E-state index contributed by atoms with van der Waals surface area (Å²) in [5, 5.41) is 12.1. The second-order valence-electron chi connectivity index (χ2n) is 7.76. The number of rotatable bonds is 5. The molecule has 12 nitrogen and oxygen atoms in total. The monoisotopic (exact) mass is 439 g/mol. The maximum absolute atomic E-state index is 13.0. The molecule has 0 bridgehead atoms. The molecule has 30 heavy (non-hydrogen) atoms. The Balaban J connectivity index is 1.78. The van der Waals surface area contributed by atoms with Gasteiger partial charge < -0.3 is 30.4 Å². The van der Waals surface area contributed by atoms with E-state index in [0.717, 1.165) is 0 Å². The number of anilines is 1. The Kier molecular flexibility index (Phi) is 5.70. The number of nitrogens with one attached hydrogen (secondary N) is 1. The van der Waals surface area contributed by atoms with Crippen LogP contribution in [0.3, 0.4) is 0 Å². The highest BCUT2D eigenvalue weighted by Gasteiger charge is 2.44. The van der Waals surface area contributed by atoms with Gasteiger partial charge in [-0.05, 0) is 20.8 Å². The molecular formula is C17H22ClN7O5. The summed E-state index contributed by atoms with van der Waals surface area (Å²) < 4.78 is 6.58. The number of nitrogen functional groups attached to an aromatic ring is 1. The molecule has 2 atom stereocenters. The molecule has 0 radical (unpaired) electrons. The van der Waals surface area contributed by atoms with E-state index in [1.165, 1.54) is 15.8 Å². The number of likely N-dealkylation sites (tertiary alicyclic amines) is 1. The van der Waals surface area contributed by atoms with Crippen LogP contribution in [0.2, 0.25) is 5.15 Å². The molecule has 3 heterocycles. The van der Waals surface area contributed by atoms with Crippen LogP contribution < -0.4 is 11.1 Å². The lowest BCUT2D eigenvalue weighted by atomic mass is 10.1. The molecule has 2 aromatic rings. The predicted octanol–water partition coefficient (Wildman–Crippen LogP) is 0.813. The van der Waals surface area contributed by atoms with E-state index in [1.807, 2.05) is 0 Å². The van der Waals surface area contributed by atoms with E-state index < -0.39 is 35.7 Å². The number of fused-ring (bicyclic) bond motifs is 1. The molecule has 2 amide bonds. The molecule has 13 heteroatoms. The van der Waals surface area contributed by atoms with Crippen molar-refractivity contribution < 1.29 is 24.2 Å². The number of carbonyl (C=O) groups is 3. The van der Waals surface area contributed by atoms with E-state index in [4.69, 9.17) is 22.1 Å². The summed E-state index contributed by atoms with van der Waals surface area (Å²) in [4.78, 5) is 49.7. The number of ether oxygens (including phenoxy) is 1. The van der Waals surface area contributed by atoms with Crippen molar-refractivity contribution in [1.82, 2.24) is 29.7 Å². The molecule has 1 saturated heterocycles. The molecule has 1 aliphatic heterocycles. The first-order chi connectivity index (χ1) is 14.0. The van der Waals surface area contributed by atoms with Crippen LogP contribution >= 0.6 is 11.6 Å². The minimum atomic E-state index is -1.15. The van der Waals surface area contributed by atoms with Gasteiger partial charge in [0.15, 0.2) is 10.8 Å². The Morgan fingerprint density at radius 1 is 1.40 bits per heavy atom. The number of alkyl carbamates (subject to hydrolysis) is 1. The molecule has 0 unspecified atom stereocenters. The van der Waals surface area contributed by atoms with Crippen molar-refractivity contribution in [2.75, 3.05) is 18.8 Å². The van der Waals surface area contributed by atoms with E-state index in [1.54, 1.807) is 20.8 Å². The summed E-state index contributed by atoms with van der Waals surface area (Å²) >= 11 is 6.02. The fourth-order valence-electron chi connectivity index (χ4n) is 3.24. The summed E-state index contributed by atoms with van der Waals surface area (Å²) in [6.45, 7) is 5.19. The Morgan fingerprint density at radius 2 is 2.10 bits per heavy atom. The maximum atomic E-state index is 13.0. The van der Waals surface area contributed by atoms with Gasteiger partial charge >= 0.3 is 12.1 Å². The third-order valence-electron chi connectivity index (χ3n) is 4.43. The van der Waals surface area contributed by atoms with Crippen LogP contribution in [0.25, 0.3) is 11.2 Å². The van der Waals surface area contributed by atoms with Gasteiger partial charge in [-0.25, -0.2) is 14.6 Å². The fourth-order valence-corrected chi connectivity index (χ4v) is 3.46. The van der Waals surface area contributed by atoms with Crippen molar-refractivity contribution >= 4 is 46.7 Å². The average molecular weight is 440 g/mol. The third kappa shape index (κ3) is 4.37. The number of hydrogen-bond donors (Lipinski definition) is 3. The van der Waals surface area contributed by atoms with Crippen LogP contribution in [-0.2, 0) is 14.3 Å². The van der Waals surface area contributed by atoms with E-state index in [2.05, 4.69) is 20.3 Å². The Bertz CT molecular complexity index is 1000. The molecule has 0 spiro atoms. The Labute approximate surface area is 176 Å². The van der Waals surface area contributed by atoms with Crippen LogP contribution in [-0.4, -0.2) is 72.2 Å². The van der Waals surface area contributed by atoms with Crippen LogP contribution in [0, 0.1) is 0 Å². The van der Waals surface area contributed by atoms with Gasteiger partial charge in [0.1, 0.15) is 23.2 Å². The first-order valence-corrected chi connectivity index (χ1v) is 9.51. The molecule has 1 fully saturated rings. The van der Waals surface area contributed by atoms with Crippen LogP contribution in [0.4, 0.5) is 10.7 Å². The minimum Gasteiger partial charge on any atom is -0.480 e. The van der Waals surface area contributed by atoms with Crippen molar-refractivity contribution in [3.05, 3.63) is 11.5 Å². The Morgan fingerprint density at radius 3 is 2.73 bits per heavy atom. The second-order valence-corrected chi connectivity index (χ2v) is 8.12. The predicted molar refractivity (Wildman–Crippen MR) is 106 cm³/mol. The Hall–Kier alpha value is -3.15. The minimum absolute atomic E-state index is 0.00392. The highest BCUT2D eigenvalue weighted by Crippen LogP contribution is 2.32. The zero-order chi connectivity index (χ0) is 22.2. The van der Waals surface area contributed by atoms with Crippen molar-refractivity contribution in [3.63, 3.8) is 0 Å². The van der Waals surface area contributed by atoms with E-state index >= 15 is 0 Å². The van der Waals surface area contributed by atoms with E-state index in [-0.39, 0.29) is 41.8 Å². The van der Waals surface area contributed by atoms with Crippen LogP contribution in [0.15, 0.2) is 6.33 Å². The SMILES string of the molecule is CC(C)(C)OC(=O)NCCN1C(=O)[C@@H](n2cnc3c(Cl)nc(N)nc32)C[C@H]1C(=O)O. The van der Waals surface area contributed by atoms with Crippen LogP contribution in [0.5, 0.6) is 0 Å². The lowest BCUT2D eigenvalue weighted by Gasteiger charge is -2.23. The highest BCUT2D eigenvalue weighted by molar-refractivity contribution is 6.33. The van der Waals surface area contributed by atoms with Crippen molar-refractivity contribution in [1.29, 1.82) is 0 Å².